The molecule has 0 bridgehead atoms. The lowest BCUT2D eigenvalue weighted by molar-refractivity contribution is 0.116. The number of rotatable bonds is 7. The Morgan fingerprint density at radius 2 is 2.00 bits per heavy atom. The van der Waals surface area contributed by atoms with Crippen molar-refractivity contribution in [1.82, 2.24) is 0 Å². The Morgan fingerprint density at radius 3 is 2.64 bits per heavy atom. The van der Waals surface area contributed by atoms with Crippen LogP contribution in [0, 0.1) is 11.6 Å². The summed E-state index contributed by atoms with van der Waals surface area (Å²) in [6, 6.07) is 3.04. The third kappa shape index (κ3) is 3.99. The number of ether oxygens (including phenoxy) is 2. The van der Waals surface area contributed by atoms with E-state index in [4.69, 9.17) is 9.47 Å². The number of benzene rings is 1. The lowest BCUT2D eigenvalue weighted by Crippen LogP contribution is -2.15. The molecular formula is C18H24F2O2. The van der Waals surface area contributed by atoms with Crippen LogP contribution in [0.2, 0.25) is 0 Å². The van der Waals surface area contributed by atoms with Crippen molar-refractivity contribution in [2.45, 2.75) is 58.5 Å². The number of unbranched alkanes of at least 4 members (excludes halogenated alkanes) is 2. The third-order valence-electron chi connectivity index (χ3n) is 3.96. The Bertz CT molecular complexity index is 526. The van der Waals surface area contributed by atoms with E-state index in [-0.39, 0.29) is 17.4 Å². The fourth-order valence-corrected chi connectivity index (χ4v) is 2.70. The second-order valence-corrected chi connectivity index (χ2v) is 5.61. The molecule has 2 nitrogen and oxygen atoms in total. The highest BCUT2D eigenvalue weighted by Gasteiger charge is 2.21. The highest BCUT2D eigenvalue weighted by atomic mass is 19.2. The fourth-order valence-electron chi connectivity index (χ4n) is 2.70. The van der Waals surface area contributed by atoms with Crippen LogP contribution in [0.15, 0.2) is 18.4 Å². The normalized spacial score (nSPS) is 17.8. The van der Waals surface area contributed by atoms with Gasteiger partial charge in [0.05, 0.1) is 19.0 Å². The molecule has 0 aliphatic carbocycles. The van der Waals surface area contributed by atoms with E-state index in [0.29, 0.717) is 18.6 Å². The predicted octanol–water partition coefficient (Wildman–Crippen LogP) is 5.46. The van der Waals surface area contributed by atoms with Gasteiger partial charge >= 0.3 is 0 Å². The van der Waals surface area contributed by atoms with Crippen LogP contribution in [0.4, 0.5) is 8.78 Å². The summed E-state index contributed by atoms with van der Waals surface area (Å²) in [5.74, 6) is -1.82. The second kappa shape index (κ2) is 8.16. The first kappa shape index (κ1) is 16.8. The SMILES string of the molecule is CCCCCC1CCC(c2ccc(OCC)c(F)c2F)=CO1. The molecule has 2 rings (SSSR count). The van der Waals surface area contributed by atoms with Gasteiger partial charge in [0.25, 0.3) is 0 Å². The van der Waals surface area contributed by atoms with Gasteiger partial charge in [-0.2, -0.15) is 4.39 Å². The van der Waals surface area contributed by atoms with Crippen molar-refractivity contribution in [3.63, 3.8) is 0 Å². The van der Waals surface area contributed by atoms with E-state index >= 15 is 0 Å². The summed E-state index contributed by atoms with van der Waals surface area (Å²) < 4.78 is 38.8. The van der Waals surface area contributed by atoms with Gasteiger partial charge in [-0.1, -0.05) is 19.8 Å². The van der Waals surface area contributed by atoms with Crippen molar-refractivity contribution < 1.29 is 18.3 Å². The molecule has 1 aromatic rings. The van der Waals surface area contributed by atoms with Crippen LogP contribution in [-0.2, 0) is 4.74 Å². The van der Waals surface area contributed by atoms with Crippen LogP contribution < -0.4 is 4.74 Å². The molecular weight excluding hydrogens is 286 g/mol. The van der Waals surface area contributed by atoms with Crippen molar-refractivity contribution in [3.8, 4) is 5.75 Å². The van der Waals surface area contributed by atoms with Gasteiger partial charge in [-0.15, -0.1) is 0 Å². The van der Waals surface area contributed by atoms with Crippen molar-refractivity contribution in [1.29, 1.82) is 0 Å². The molecule has 4 heteroatoms. The quantitative estimate of drug-likeness (QED) is 0.622. The summed E-state index contributed by atoms with van der Waals surface area (Å²) in [4.78, 5) is 0. The van der Waals surface area contributed by atoms with E-state index in [0.717, 1.165) is 19.3 Å². The summed E-state index contributed by atoms with van der Waals surface area (Å²) in [5.41, 5.74) is 0.985. The number of allylic oxidation sites excluding steroid dienone is 1. The van der Waals surface area contributed by atoms with Gasteiger partial charge in [-0.05, 0) is 50.3 Å². The van der Waals surface area contributed by atoms with Crippen LogP contribution in [0.1, 0.15) is 57.9 Å². The van der Waals surface area contributed by atoms with Crippen molar-refractivity contribution >= 4 is 5.57 Å². The predicted molar refractivity (Wildman–Crippen MR) is 83.8 cm³/mol. The number of hydrogen-bond acceptors (Lipinski definition) is 2. The zero-order chi connectivity index (χ0) is 15.9. The lowest BCUT2D eigenvalue weighted by Gasteiger charge is -2.23. The topological polar surface area (TPSA) is 18.5 Å². The van der Waals surface area contributed by atoms with Crippen molar-refractivity contribution in [2.24, 2.45) is 0 Å². The van der Waals surface area contributed by atoms with Crippen LogP contribution in [-0.4, -0.2) is 12.7 Å². The lowest BCUT2D eigenvalue weighted by atomic mass is 9.96. The Kier molecular flexibility index (Phi) is 6.22. The van der Waals surface area contributed by atoms with E-state index in [2.05, 4.69) is 6.92 Å². The highest BCUT2D eigenvalue weighted by Crippen LogP contribution is 2.33. The van der Waals surface area contributed by atoms with Gasteiger partial charge in [-0.25, -0.2) is 4.39 Å². The Balaban J connectivity index is 2.05. The maximum Gasteiger partial charge on any atom is 0.201 e. The minimum Gasteiger partial charge on any atom is -0.498 e. The third-order valence-corrected chi connectivity index (χ3v) is 3.96. The van der Waals surface area contributed by atoms with E-state index in [1.165, 1.54) is 18.9 Å². The molecule has 1 aromatic carbocycles. The maximum absolute atomic E-state index is 14.2. The standard InChI is InChI=1S/C18H24F2O2/c1-3-5-6-7-14-9-8-13(12-22-14)15-10-11-16(21-4-2)18(20)17(15)19/h10-12,14H,3-9H2,1-2H3. The zero-order valence-corrected chi connectivity index (χ0v) is 13.3. The van der Waals surface area contributed by atoms with E-state index in [1.54, 1.807) is 19.3 Å². The van der Waals surface area contributed by atoms with Gasteiger partial charge in [0.15, 0.2) is 11.6 Å². The van der Waals surface area contributed by atoms with Crippen LogP contribution in [0.3, 0.4) is 0 Å². The minimum atomic E-state index is -0.926. The molecule has 0 spiro atoms. The smallest absolute Gasteiger partial charge is 0.201 e. The summed E-state index contributed by atoms with van der Waals surface area (Å²) in [7, 11) is 0. The first-order valence-electron chi connectivity index (χ1n) is 8.13. The summed E-state index contributed by atoms with van der Waals surface area (Å²) in [5, 5.41) is 0. The molecule has 1 aliphatic heterocycles. The molecule has 0 saturated heterocycles. The summed E-state index contributed by atoms with van der Waals surface area (Å²) >= 11 is 0. The van der Waals surface area contributed by atoms with E-state index in [1.807, 2.05) is 0 Å². The Hall–Kier alpha value is -1.58. The van der Waals surface area contributed by atoms with Gasteiger partial charge < -0.3 is 9.47 Å². The molecule has 1 aliphatic rings. The van der Waals surface area contributed by atoms with Gasteiger partial charge in [0, 0.05) is 5.56 Å². The highest BCUT2D eigenvalue weighted by molar-refractivity contribution is 5.66. The first-order valence-corrected chi connectivity index (χ1v) is 8.13. The van der Waals surface area contributed by atoms with Crippen LogP contribution >= 0.6 is 0 Å². The summed E-state index contributed by atoms with van der Waals surface area (Å²) in [6.07, 6.45) is 7.92. The molecule has 122 valence electrons. The van der Waals surface area contributed by atoms with E-state index < -0.39 is 11.6 Å². The van der Waals surface area contributed by atoms with Gasteiger partial charge in [-0.3, -0.25) is 0 Å². The molecule has 1 heterocycles. The maximum atomic E-state index is 14.2. The molecule has 0 saturated carbocycles. The molecule has 0 amide bonds. The zero-order valence-electron chi connectivity index (χ0n) is 13.3. The van der Waals surface area contributed by atoms with E-state index in [9.17, 15) is 8.78 Å². The first-order chi connectivity index (χ1) is 10.7. The van der Waals surface area contributed by atoms with Crippen LogP contribution in [0.5, 0.6) is 5.75 Å². The molecule has 1 unspecified atom stereocenters. The molecule has 0 fully saturated rings. The van der Waals surface area contributed by atoms with Crippen LogP contribution in [0.25, 0.3) is 5.57 Å². The van der Waals surface area contributed by atoms with Crippen molar-refractivity contribution in [2.75, 3.05) is 6.61 Å². The van der Waals surface area contributed by atoms with Crippen molar-refractivity contribution in [3.05, 3.63) is 35.6 Å². The summed E-state index contributed by atoms with van der Waals surface area (Å²) in [6.45, 7) is 4.21. The van der Waals surface area contributed by atoms with Gasteiger partial charge in [0.2, 0.25) is 5.82 Å². The molecule has 0 aromatic heterocycles. The second-order valence-electron chi connectivity index (χ2n) is 5.61. The number of hydrogen-bond donors (Lipinski definition) is 0. The Morgan fingerprint density at radius 1 is 1.18 bits per heavy atom. The molecule has 0 N–H and O–H groups in total. The van der Waals surface area contributed by atoms with Gasteiger partial charge in [0.1, 0.15) is 0 Å². The Labute approximate surface area is 131 Å². The number of halogens is 2. The monoisotopic (exact) mass is 310 g/mol. The molecule has 0 radical (unpaired) electrons. The average Bonchev–Trinajstić information content (AvgIpc) is 2.53. The molecule has 1 atom stereocenters. The fraction of sp³-hybridized carbons (Fsp3) is 0.556. The molecule has 22 heavy (non-hydrogen) atoms. The average molecular weight is 310 g/mol. The minimum absolute atomic E-state index is 0.0430. The largest absolute Gasteiger partial charge is 0.498 e.